The monoisotopic (exact) mass is 448 g/mol. The summed E-state index contributed by atoms with van der Waals surface area (Å²) in [6.45, 7) is 4.55. The third-order valence-corrected chi connectivity index (χ3v) is 7.44. The average molecular weight is 449 g/mol. The maximum absolute atomic E-state index is 13.1. The molecule has 0 aromatic heterocycles. The van der Waals surface area contributed by atoms with Crippen LogP contribution in [0, 0.1) is 11.8 Å². The molecule has 0 radical (unpaired) electrons. The van der Waals surface area contributed by atoms with Gasteiger partial charge in [0.1, 0.15) is 5.75 Å². The van der Waals surface area contributed by atoms with Crippen molar-refractivity contribution >= 4 is 5.91 Å². The van der Waals surface area contributed by atoms with Gasteiger partial charge in [-0.25, -0.2) is 0 Å². The second-order valence-corrected chi connectivity index (χ2v) is 10.0. The number of carbonyl (C=O) groups is 1. The van der Waals surface area contributed by atoms with Crippen molar-refractivity contribution in [2.45, 2.75) is 51.1 Å². The van der Waals surface area contributed by atoms with Crippen molar-refractivity contribution < 1.29 is 14.3 Å². The number of rotatable bonds is 9. The third-order valence-electron chi connectivity index (χ3n) is 7.44. The van der Waals surface area contributed by atoms with Crippen LogP contribution >= 0.6 is 0 Å². The maximum Gasteiger partial charge on any atom is 0.253 e. The smallest absolute Gasteiger partial charge is 0.253 e. The van der Waals surface area contributed by atoms with E-state index in [1.807, 2.05) is 36.2 Å². The van der Waals surface area contributed by atoms with Crippen LogP contribution in [-0.4, -0.2) is 50.3 Å². The van der Waals surface area contributed by atoms with Gasteiger partial charge in [0.05, 0.1) is 6.61 Å². The second-order valence-electron chi connectivity index (χ2n) is 10.0. The van der Waals surface area contributed by atoms with Crippen molar-refractivity contribution in [1.82, 2.24) is 10.2 Å². The zero-order valence-corrected chi connectivity index (χ0v) is 19.7. The molecule has 0 unspecified atom stereocenters. The summed E-state index contributed by atoms with van der Waals surface area (Å²) in [5, 5.41) is 3.63. The highest BCUT2D eigenvalue weighted by Gasteiger charge is 2.28. The van der Waals surface area contributed by atoms with Gasteiger partial charge in [-0.1, -0.05) is 18.2 Å². The fraction of sp³-hybridized carbons (Fsp3) is 0.536. The van der Waals surface area contributed by atoms with Gasteiger partial charge < -0.3 is 19.7 Å². The number of nitrogens with one attached hydrogen (secondary N) is 1. The van der Waals surface area contributed by atoms with Gasteiger partial charge in [0.2, 0.25) is 0 Å². The first kappa shape index (κ1) is 22.4. The summed E-state index contributed by atoms with van der Waals surface area (Å²) in [7, 11) is 1.94. The van der Waals surface area contributed by atoms with E-state index in [1.165, 1.54) is 29.5 Å². The van der Waals surface area contributed by atoms with E-state index >= 15 is 0 Å². The molecule has 0 spiro atoms. The predicted molar refractivity (Wildman–Crippen MR) is 130 cm³/mol. The number of ether oxygens (including phenoxy) is 2. The Morgan fingerprint density at radius 2 is 1.76 bits per heavy atom. The maximum atomic E-state index is 13.1. The molecular formula is C28H36N2O3. The molecule has 1 amide bonds. The van der Waals surface area contributed by atoms with E-state index in [1.54, 1.807) is 0 Å². The molecule has 5 heteroatoms. The van der Waals surface area contributed by atoms with Gasteiger partial charge in [-0.15, -0.1) is 0 Å². The van der Waals surface area contributed by atoms with Gasteiger partial charge in [0.15, 0.2) is 0 Å². The van der Waals surface area contributed by atoms with Crippen LogP contribution in [0.15, 0.2) is 42.5 Å². The molecule has 1 N–H and O–H groups in total. The average Bonchev–Trinajstić information content (AvgIpc) is 3.59. The first-order chi connectivity index (χ1) is 16.2. The van der Waals surface area contributed by atoms with E-state index in [9.17, 15) is 4.79 Å². The molecule has 2 aliphatic carbocycles. The molecule has 1 heterocycles. The highest BCUT2D eigenvalue weighted by molar-refractivity contribution is 5.94. The molecule has 1 saturated heterocycles. The molecule has 2 fully saturated rings. The highest BCUT2D eigenvalue weighted by Crippen LogP contribution is 2.30. The number of nitrogens with zero attached hydrogens (tertiary/aromatic N) is 1. The minimum atomic E-state index is 0.0832. The zero-order chi connectivity index (χ0) is 22.6. The number of benzene rings is 2. The van der Waals surface area contributed by atoms with Crippen LogP contribution in [0.4, 0.5) is 0 Å². The quantitative estimate of drug-likeness (QED) is 0.624. The van der Waals surface area contributed by atoms with Crippen LogP contribution in [-0.2, 0) is 24.1 Å². The van der Waals surface area contributed by atoms with Gasteiger partial charge in [-0.2, -0.15) is 0 Å². The van der Waals surface area contributed by atoms with Crippen molar-refractivity contribution in [2.75, 3.05) is 33.4 Å². The van der Waals surface area contributed by atoms with Crippen molar-refractivity contribution in [1.29, 1.82) is 0 Å². The molecule has 5 rings (SSSR count). The van der Waals surface area contributed by atoms with Gasteiger partial charge in [0.25, 0.3) is 5.91 Å². The van der Waals surface area contributed by atoms with Crippen LogP contribution in [0.3, 0.4) is 0 Å². The Morgan fingerprint density at radius 3 is 2.52 bits per heavy atom. The van der Waals surface area contributed by atoms with Crippen LogP contribution in [0.5, 0.6) is 5.75 Å². The standard InChI is InChI=1S/C28H36N2O3/c1-30(28(31)23-6-8-27(9-7-23)33-19-21-2-3-21)26-15-24-5-4-22(14-25(24)16-26)18-29-17-20-10-12-32-13-11-20/h4-9,14,20-21,26,29H,2-3,10-13,15-19H2,1H3/t26-/m1/s1. The molecule has 1 saturated carbocycles. The van der Waals surface area contributed by atoms with Crippen molar-refractivity contribution in [3.8, 4) is 5.75 Å². The molecule has 2 aromatic carbocycles. The minimum Gasteiger partial charge on any atom is -0.493 e. The van der Waals surface area contributed by atoms with E-state index in [-0.39, 0.29) is 11.9 Å². The lowest BCUT2D eigenvalue weighted by atomic mass is 10.0. The Bertz CT molecular complexity index is 948. The molecule has 1 aliphatic heterocycles. The van der Waals surface area contributed by atoms with Crippen molar-refractivity contribution in [3.05, 3.63) is 64.7 Å². The van der Waals surface area contributed by atoms with E-state index in [2.05, 4.69) is 23.5 Å². The highest BCUT2D eigenvalue weighted by atomic mass is 16.5. The zero-order valence-electron chi connectivity index (χ0n) is 19.7. The molecule has 176 valence electrons. The predicted octanol–water partition coefficient (Wildman–Crippen LogP) is 4.23. The summed E-state index contributed by atoms with van der Waals surface area (Å²) in [5.74, 6) is 2.40. The minimum absolute atomic E-state index is 0.0832. The van der Waals surface area contributed by atoms with Gasteiger partial charge in [-0.05, 0) is 97.9 Å². The lowest BCUT2D eigenvalue weighted by Crippen LogP contribution is -2.37. The van der Waals surface area contributed by atoms with Crippen LogP contribution < -0.4 is 10.1 Å². The first-order valence-electron chi connectivity index (χ1n) is 12.5. The Morgan fingerprint density at radius 1 is 1.00 bits per heavy atom. The largest absolute Gasteiger partial charge is 0.493 e. The molecule has 2 aromatic rings. The van der Waals surface area contributed by atoms with Crippen LogP contribution in [0.1, 0.15) is 52.7 Å². The molecule has 3 aliphatic rings. The van der Waals surface area contributed by atoms with Gasteiger partial charge >= 0.3 is 0 Å². The fourth-order valence-electron chi connectivity index (χ4n) is 4.97. The summed E-state index contributed by atoms with van der Waals surface area (Å²) in [5.41, 5.74) is 4.81. The van der Waals surface area contributed by atoms with E-state index in [4.69, 9.17) is 9.47 Å². The van der Waals surface area contributed by atoms with E-state index < -0.39 is 0 Å². The number of likely N-dealkylation sites (N-methyl/N-ethyl adjacent to an activating group) is 1. The van der Waals surface area contributed by atoms with Crippen LogP contribution in [0.25, 0.3) is 0 Å². The molecule has 0 bridgehead atoms. The molecule has 1 atom stereocenters. The number of amides is 1. The van der Waals surface area contributed by atoms with Crippen LogP contribution in [0.2, 0.25) is 0 Å². The summed E-state index contributed by atoms with van der Waals surface area (Å²) in [6, 6.07) is 14.7. The van der Waals surface area contributed by atoms with Gasteiger partial charge in [0, 0.05) is 38.4 Å². The Kier molecular flexibility index (Phi) is 6.98. The Labute approximate surface area is 197 Å². The molecule has 5 nitrogen and oxygen atoms in total. The summed E-state index contributed by atoms with van der Waals surface area (Å²) in [6.07, 6.45) is 6.73. The van der Waals surface area contributed by atoms with E-state index in [0.29, 0.717) is 0 Å². The van der Waals surface area contributed by atoms with E-state index in [0.717, 1.165) is 81.7 Å². The number of hydrogen-bond donors (Lipinski definition) is 1. The number of carbonyl (C=O) groups excluding carboxylic acids is 1. The summed E-state index contributed by atoms with van der Waals surface area (Å²) in [4.78, 5) is 15.0. The third kappa shape index (κ3) is 5.77. The summed E-state index contributed by atoms with van der Waals surface area (Å²) >= 11 is 0. The Balaban J connectivity index is 1.13. The van der Waals surface area contributed by atoms with Gasteiger partial charge in [-0.3, -0.25) is 4.79 Å². The SMILES string of the molecule is CN(C(=O)c1ccc(OCC2CC2)cc1)[C@@H]1Cc2ccc(CNCC3CCOCC3)cc2C1. The lowest BCUT2D eigenvalue weighted by Gasteiger charge is -2.24. The van der Waals surface area contributed by atoms with Crippen molar-refractivity contribution in [2.24, 2.45) is 11.8 Å². The summed E-state index contributed by atoms with van der Waals surface area (Å²) < 4.78 is 11.3. The van der Waals surface area contributed by atoms with Crippen molar-refractivity contribution in [3.63, 3.8) is 0 Å². The fourth-order valence-corrected chi connectivity index (χ4v) is 4.97. The first-order valence-corrected chi connectivity index (χ1v) is 12.5. The number of hydrogen-bond acceptors (Lipinski definition) is 4. The lowest BCUT2D eigenvalue weighted by molar-refractivity contribution is 0.0662. The topological polar surface area (TPSA) is 50.8 Å². The molecule has 33 heavy (non-hydrogen) atoms. The normalized spacial score (nSPS) is 20.5. The second kappa shape index (κ2) is 10.3. The Hall–Kier alpha value is -2.37. The molecular weight excluding hydrogens is 412 g/mol. The number of fused-ring (bicyclic) bond motifs is 1.